The Labute approximate surface area is 166 Å². The van der Waals surface area contributed by atoms with Crippen LogP contribution < -0.4 is 14.8 Å². The van der Waals surface area contributed by atoms with Crippen molar-refractivity contribution < 1.29 is 9.47 Å². The third kappa shape index (κ3) is 4.80. The Morgan fingerprint density at radius 3 is 2.21 bits per heavy atom. The van der Waals surface area contributed by atoms with Crippen LogP contribution in [0.1, 0.15) is 36.5 Å². The van der Waals surface area contributed by atoms with Crippen molar-refractivity contribution in [3.05, 3.63) is 77.7 Å². The molecule has 0 aliphatic rings. The second-order valence-electron chi connectivity index (χ2n) is 7.00. The zero-order valence-electron chi connectivity index (χ0n) is 16.8. The lowest BCUT2D eigenvalue weighted by atomic mass is 9.87. The molecule has 1 N–H and O–H groups in total. The van der Waals surface area contributed by atoms with Crippen LogP contribution in [0.4, 0.5) is 5.82 Å². The molecule has 0 spiro atoms. The number of hydrogen-bond acceptors (Lipinski definition) is 5. The lowest BCUT2D eigenvalue weighted by molar-refractivity contribution is 0.354. The first-order chi connectivity index (χ1) is 13.6. The van der Waals surface area contributed by atoms with Crippen molar-refractivity contribution >= 4 is 5.82 Å². The Hall–Kier alpha value is -3.08. The van der Waals surface area contributed by atoms with Gasteiger partial charge < -0.3 is 14.8 Å². The van der Waals surface area contributed by atoms with Gasteiger partial charge in [-0.2, -0.15) is 0 Å². The van der Waals surface area contributed by atoms with Crippen LogP contribution in [0.15, 0.2) is 61.1 Å². The molecule has 2 heterocycles. The van der Waals surface area contributed by atoms with Gasteiger partial charge in [0.05, 0.1) is 14.2 Å². The number of anilines is 1. The van der Waals surface area contributed by atoms with Crippen LogP contribution >= 0.6 is 0 Å². The molecule has 3 rings (SSSR count). The fourth-order valence-corrected chi connectivity index (χ4v) is 3.24. The third-order valence-electron chi connectivity index (χ3n) is 4.62. The van der Waals surface area contributed by atoms with Crippen molar-refractivity contribution in [2.75, 3.05) is 19.5 Å². The first kappa shape index (κ1) is 19.7. The number of pyridine rings is 2. The summed E-state index contributed by atoms with van der Waals surface area (Å²) in [4.78, 5) is 8.73. The lowest BCUT2D eigenvalue weighted by Gasteiger charge is -2.20. The number of benzene rings is 1. The quantitative estimate of drug-likeness (QED) is 0.617. The Morgan fingerprint density at radius 2 is 1.61 bits per heavy atom. The normalized spacial score (nSPS) is 11.9. The Morgan fingerprint density at radius 1 is 0.893 bits per heavy atom. The number of ether oxygens (including phenoxy) is 2. The molecule has 3 aromatic rings. The summed E-state index contributed by atoms with van der Waals surface area (Å²) in [5.41, 5.74) is 3.53. The molecule has 1 aromatic carbocycles. The average Bonchev–Trinajstić information content (AvgIpc) is 2.72. The van der Waals surface area contributed by atoms with E-state index in [2.05, 4.69) is 53.4 Å². The van der Waals surface area contributed by atoms with Crippen LogP contribution in [0.3, 0.4) is 0 Å². The first-order valence-corrected chi connectivity index (χ1v) is 9.44. The molecule has 1 unspecified atom stereocenters. The fourth-order valence-electron chi connectivity index (χ4n) is 3.24. The molecule has 0 fully saturated rings. The van der Waals surface area contributed by atoms with E-state index in [9.17, 15) is 0 Å². The molecule has 5 nitrogen and oxygen atoms in total. The van der Waals surface area contributed by atoms with Crippen molar-refractivity contribution in [2.24, 2.45) is 0 Å². The van der Waals surface area contributed by atoms with Crippen LogP contribution in [0, 0.1) is 0 Å². The van der Waals surface area contributed by atoms with E-state index in [-0.39, 0.29) is 5.92 Å². The minimum absolute atomic E-state index is 0.141. The molecule has 28 heavy (non-hydrogen) atoms. The van der Waals surface area contributed by atoms with Gasteiger partial charge in [0.15, 0.2) is 11.5 Å². The van der Waals surface area contributed by atoms with Crippen LogP contribution in [0.5, 0.6) is 11.5 Å². The molecule has 0 saturated heterocycles. The van der Waals surface area contributed by atoms with Crippen molar-refractivity contribution in [3.63, 3.8) is 0 Å². The van der Waals surface area contributed by atoms with Crippen molar-refractivity contribution in [1.29, 1.82) is 0 Å². The van der Waals surface area contributed by atoms with Crippen LogP contribution in [-0.4, -0.2) is 30.2 Å². The molecule has 146 valence electrons. The highest BCUT2D eigenvalue weighted by Crippen LogP contribution is 2.35. The van der Waals surface area contributed by atoms with Gasteiger partial charge >= 0.3 is 0 Å². The lowest BCUT2D eigenvalue weighted by Crippen LogP contribution is -2.12. The first-order valence-electron chi connectivity index (χ1n) is 9.44. The van der Waals surface area contributed by atoms with E-state index in [4.69, 9.17) is 9.47 Å². The standard InChI is InChI=1S/C23H27N3O2/c1-16(2)26-23-8-6-19(15-25-23)20(13-17-9-11-24-12-10-17)18-5-7-21(27-3)22(14-18)28-4/h5-12,14-16,20H,13H2,1-4H3,(H,25,26). The van der Waals surface area contributed by atoms with Crippen molar-refractivity contribution in [2.45, 2.75) is 32.2 Å². The summed E-state index contributed by atoms with van der Waals surface area (Å²) in [5.74, 6) is 2.48. The Kier molecular flexibility index (Phi) is 6.48. The van der Waals surface area contributed by atoms with Gasteiger partial charge in [0.2, 0.25) is 0 Å². The number of rotatable bonds is 8. The van der Waals surface area contributed by atoms with Gasteiger partial charge in [-0.15, -0.1) is 0 Å². The van der Waals surface area contributed by atoms with Crippen LogP contribution in [-0.2, 0) is 6.42 Å². The van der Waals surface area contributed by atoms with E-state index in [0.717, 1.165) is 34.9 Å². The summed E-state index contributed by atoms with van der Waals surface area (Å²) in [6.07, 6.45) is 6.45. The van der Waals surface area contributed by atoms with E-state index in [1.54, 1.807) is 14.2 Å². The maximum Gasteiger partial charge on any atom is 0.161 e. The molecule has 1 atom stereocenters. The third-order valence-corrected chi connectivity index (χ3v) is 4.62. The summed E-state index contributed by atoms with van der Waals surface area (Å²) in [6.45, 7) is 4.21. The topological polar surface area (TPSA) is 56.3 Å². The summed E-state index contributed by atoms with van der Waals surface area (Å²) in [6, 6.07) is 14.7. The van der Waals surface area contributed by atoms with Gasteiger partial charge in [-0.1, -0.05) is 12.1 Å². The number of nitrogens with zero attached hydrogens (tertiary/aromatic N) is 2. The van der Waals surface area contributed by atoms with E-state index in [1.807, 2.05) is 36.8 Å². The highest BCUT2D eigenvalue weighted by molar-refractivity contribution is 5.47. The second kappa shape index (κ2) is 9.22. The van der Waals surface area contributed by atoms with Crippen LogP contribution in [0.2, 0.25) is 0 Å². The number of hydrogen-bond donors (Lipinski definition) is 1. The second-order valence-corrected chi connectivity index (χ2v) is 7.00. The van der Waals surface area contributed by atoms with Gasteiger partial charge in [0.1, 0.15) is 5.82 Å². The monoisotopic (exact) mass is 377 g/mol. The van der Waals surface area contributed by atoms with Gasteiger partial charge in [0.25, 0.3) is 0 Å². The molecular formula is C23H27N3O2. The van der Waals surface area contributed by atoms with Gasteiger partial charge in [0, 0.05) is 30.6 Å². The summed E-state index contributed by atoms with van der Waals surface area (Å²) in [5, 5.41) is 3.34. The van der Waals surface area contributed by atoms with Crippen molar-refractivity contribution in [1.82, 2.24) is 9.97 Å². The van der Waals surface area contributed by atoms with Gasteiger partial charge in [-0.25, -0.2) is 4.98 Å². The van der Waals surface area contributed by atoms with E-state index >= 15 is 0 Å². The predicted octanol–water partition coefficient (Wildman–Crippen LogP) is 4.69. The molecule has 5 heteroatoms. The van der Waals surface area contributed by atoms with E-state index < -0.39 is 0 Å². The number of nitrogens with one attached hydrogen (secondary N) is 1. The molecule has 2 aromatic heterocycles. The Balaban J connectivity index is 1.97. The molecular weight excluding hydrogens is 350 g/mol. The summed E-state index contributed by atoms with van der Waals surface area (Å²) in [7, 11) is 3.31. The molecule has 0 amide bonds. The minimum Gasteiger partial charge on any atom is -0.493 e. The largest absolute Gasteiger partial charge is 0.493 e. The average molecular weight is 377 g/mol. The zero-order chi connectivity index (χ0) is 19.9. The molecule has 0 aliphatic carbocycles. The highest BCUT2D eigenvalue weighted by Gasteiger charge is 2.18. The molecule has 0 aliphatic heterocycles. The fraction of sp³-hybridized carbons (Fsp3) is 0.304. The number of methoxy groups -OCH3 is 2. The van der Waals surface area contributed by atoms with Gasteiger partial charge in [-0.05, 0) is 67.3 Å². The molecule has 0 bridgehead atoms. The highest BCUT2D eigenvalue weighted by atomic mass is 16.5. The summed E-state index contributed by atoms with van der Waals surface area (Å²) < 4.78 is 10.9. The molecule has 0 saturated carbocycles. The number of aromatic nitrogens is 2. The maximum absolute atomic E-state index is 5.52. The van der Waals surface area contributed by atoms with Crippen LogP contribution in [0.25, 0.3) is 0 Å². The smallest absolute Gasteiger partial charge is 0.161 e. The van der Waals surface area contributed by atoms with Crippen molar-refractivity contribution in [3.8, 4) is 11.5 Å². The van der Waals surface area contributed by atoms with E-state index in [1.165, 1.54) is 5.56 Å². The zero-order valence-corrected chi connectivity index (χ0v) is 16.8. The van der Waals surface area contributed by atoms with E-state index in [0.29, 0.717) is 6.04 Å². The predicted molar refractivity (Wildman–Crippen MR) is 112 cm³/mol. The van der Waals surface area contributed by atoms with Gasteiger partial charge in [-0.3, -0.25) is 4.98 Å². The Bertz CT molecular complexity index is 880. The molecule has 0 radical (unpaired) electrons. The maximum atomic E-state index is 5.52. The SMILES string of the molecule is COc1ccc(C(Cc2ccncc2)c2ccc(NC(C)C)nc2)cc1OC. The summed E-state index contributed by atoms with van der Waals surface area (Å²) >= 11 is 0. The minimum atomic E-state index is 0.141.